The molecule has 0 aliphatic rings. The van der Waals surface area contributed by atoms with Crippen molar-refractivity contribution < 1.29 is 5.11 Å². The molecular weight excluding hydrogens is 336 g/mol. The highest BCUT2D eigenvalue weighted by Crippen LogP contribution is 2.28. The molecule has 0 bridgehead atoms. The van der Waals surface area contributed by atoms with E-state index in [-0.39, 0.29) is 6.61 Å². The Balaban J connectivity index is 1.68. The van der Waals surface area contributed by atoms with Crippen molar-refractivity contribution in [1.29, 1.82) is 0 Å². The second-order valence-electron chi connectivity index (χ2n) is 6.72. The van der Waals surface area contributed by atoms with E-state index < -0.39 is 0 Å². The van der Waals surface area contributed by atoms with E-state index in [4.69, 9.17) is 0 Å². The highest BCUT2D eigenvalue weighted by atomic mass is 16.3. The monoisotopic (exact) mass is 358 g/mol. The number of hydrogen-bond acceptors (Lipinski definition) is 4. The summed E-state index contributed by atoms with van der Waals surface area (Å²) in [6, 6.07) is 16.2. The van der Waals surface area contributed by atoms with E-state index in [1.54, 1.807) is 12.4 Å². The summed E-state index contributed by atoms with van der Waals surface area (Å²) >= 11 is 0. The number of rotatable bonds is 5. The van der Waals surface area contributed by atoms with Crippen LogP contribution in [0.15, 0.2) is 60.9 Å². The molecule has 2 aromatic carbocycles. The first-order chi connectivity index (χ1) is 13.2. The molecule has 0 aliphatic heterocycles. The molecule has 5 heteroatoms. The van der Waals surface area contributed by atoms with Gasteiger partial charge in [0.1, 0.15) is 5.82 Å². The summed E-state index contributed by atoms with van der Waals surface area (Å²) in [5.41, 5.74) is 7.28. The molecule has 0 unspecified atom stereocenters. The molecule has 4 rings (SSSR count). The molecule has 27 heavy (non-hydrogen) atoms. The lowest BCUT2D eigenvalue weighted by molar-refractivity contribution is 0.282. The lowest BCUT2D eigenvalue weighted by Gasteiger charge is -2.11. The molecule has 0 spiro atoms. The van der Waals surface area contributed by atoms with E-state index in [9.17, 15) is 5.11 Å². The number of hydrogen-bond donors (Lipinski definition) is 2. The van der Waals surface area contributed by atoms with Gasteiger partial charge in [-0.15, -0.1) is 0 Å². The highest BCUT2D eigenvalue weighted by Gasteiger charge is 2.13. The Morgan fingerprint density at radius 1 is 1.00 bits per heavy atom. The Morgan fingerprint density at radius 2 is 1.85 bits per heavy atom. The van der Waals surface area contributed by atoms with Gasteiger partial charge in [0.15, 0.2) is 5.65 Å². The molecule has 0 aliphatic carbocycles. The Bertz CT molecular complexity index is 1100. The molecule has 2 aromatic heterocycles. The van der Waals surface area contributed by atoms with Gasteiger partial charge in [0.05, 0.1) is 12.8 Å². The zero-order valence-electron chi connectivity index (χ0n) is 15.5. The number of anilines is 1. The van der Waals surface area contributed by atoms with E-state index in [1.807, 2.05) is 34.8 Å². The summed E-state index contributed by atoms with van der Waals surface area (Å²) in [6.45, 7) is 4.93. The molecule has 0 amide bonds. The Morgan fingerprint density at radius 3 is 2.67 bits per heavy atom. The maximum atomic E-state index is 9.64. The van der Waals surface area contributed by atoms with Crippen LogP contribution >= 0.6 is 0 Å². The molecule has 2 N–H and O–H groups in total. The molecule has 0 radical (unpaired) electrons. The number of nitrogens with zero attached hydrogens (tertiary/aromatic N) is 3. The van der Waals surface area contributed by atoms with Crippen LogP contribution in [0.1, 0.15) is 22.3 Å². The summed E-state index contributed by atoms with van der Waals surface area (Å²) in [5.74, 6) is 0.882. The maximum Gasteiger partial charge on any atom is 0.165 e. The maximum absolute atomic E-state index is 9.64. The predicted octanol–water partition coefficient (Wildman–Crippen LogP) is 4.12. The minimum atomic E-state index is -0.0157. The van der Waals surface area contributed by atoms with Crippen LogP contribution < -0.4 is 5.32 Å². The number of aliphatic hydroxyl groups is 1. The fourth-order valence-electron chi connectivity index (χ4n) is 3.37. The van der Waals surface area contributed by atoms with E-state index in [2.05, 4.69) is 47.4 Å². The highest BCUT2D eigenvalue weighted by molar-refractivity contribution is 5.80. The smallest absolute Gasteiger partial charge is 0.165 e. The lowest BCUT2D eigenvalue weighted by atomic mass is 10.0. The minimum Gasteiger partial charge on any atom is -0.392 e. The van der Waals surface area contributed by atoms with Gasteiger partial charge < -0.3 is 10.4 Å². The van der Waals surface area contributed by atoms with Crippen molar-refractivity contribution in [2.75, 3.05) is 5.32 Å². The fraction of sp³-hybridized carbons (Fsp3) is 0.182. The van der Waals surface area contributed by atoms with Gasteiger partial charge in [-0.05, 0) is 42.2 Å². The van der Waals surface area contributed by atoms with Gasteiger partial charge in [0, 0.05) is 18.3 Å². The van der Waals surface area contributed by atoms with Crippen LogP contribution in [0.2, 0.25) is 0 Å². The molecular formula is C22H22N4O. The largest absolute Gasteiger partial charge is 0.392 e. The van der Waals surface area contributed by atoms with Crippen molar-refractivity contribution in [3.8, 4) is 11.1 Å². The number of nitrogens with one attached hydrogen (secondary N) is 1. The molecule has 136 valence electrons. The molecule has 0 saturated carbocycles. The van der Waals surface area contributed by atoms with Gasteiger partial charge in [-0.3, -0.25) is 0 Å². The van der Waals surface area contributed by atoms with Gasteiger partial charge in [0.25, 0.3) is 0 Å². The van der Waals surface area contributed by atoms with Crippen molar-refractivity contribution in [2.24, 2.45) is 0 Å². The molecule has 0 fully saturated rings. The van der Waals surface area contributed by atoms with E-state index in [1.165, 1.54) is 16.7 Å². The Kier molecular flexibility index (Phi) is 4.60. The number of aromatic nitrogens is 3. The van der Waals surface area contributed by atoms with Gasteiger partial charge in [-0.2, -0.15) is 9.61 Å². The second kappa shape index (κ2) is 7.21. The molecule has 0 saturated heterocycles. The summed E-state index contributed by atoms with van der Waals surface area (Å²) in [7, 11) is 0. The lowest BCUT2D eigenvalue weighted by Crippen LogP contribution is -2.06. The Hall–Kier alpha value is -3.18. The van der Waals surface area contributed by atoms with Gasteiger partial charge in [-0.25, -0.2) is 4.98 Å². The first-order valence-corrected chi connectivity index (χ1v) is 8.99. The van der Waals surface area contributed by atoms with Crippen LogP contribution in [-0.2, 0) is 13.2 Å². The topological polar surface area (TPSA) is 62.5 Å². The quantitative estimate of drug-likeness (QED) is 0.563. The van der Waals surface area contributed by atoms with Crippen LogP contribution in [0.4, 0.5) is 5.82 Å². The summed E-state index contributed by atoms with van der Waals surface area (Å²) in [5, 5.41) is 17.6. The zero-order valence-corrected chi connectivity index (χ0v) is 15.5. The van der Waals surface area contributed by atoms with Crippen LogP contribution in [0.5, 0.6) is 0 Å². The van der Waals surface area contributed by atoms with Crippen molar-refractivity contribution >= 4 is 11.5 Å². The third-order valence-electron chi connectivity index (χ3n) is 4.84. The fourth-order valence-corrected chi connectivity index (χ4v) is 3.37. The van der Waals surface area contributed by atoms with Gasteiger partial charge in [-0.1, -0.05) is 48.0 Å². The summed E-state index contributed by atoms with van der Waals surface area (Å²) in [4.78, 5) is 4.52. The normalized spacial score (nSPS) is 11.1. The zero-order chi connectivity index (χ0) is 18.8. The molecule has 0 atom stereocenters. The number of aliphatic hydroxyl groups excluding tert-OH is 1. The summed E-state index contributed by atoms with van der Waals surface area (Å²) < 4.78 is 1.81. The van der Waals surface area contributed by atoms with Crippen molar-refractivity contribution in [1.82, 2.24) is 14.6 Å². The standard InChI is InChI=1S/C22H22N4O/c1-15-7-8-17(16(2)11-15)12-24-21-9-10-23-22-20(13-25-26(21)22)19-6-4-3-5-18(19)14-27/h3-11,13,24,27H,12,14H2,1-2H3. The second-order valence-corrected chi connectivity index (χ2v) is 6.72. The third kappa shape index (κ3) is 3.29. The SMILES string of the molecule is Cc1ccc(CNc2ccnc3c(-c4ccccc4CO)cnn23)c(C)c1. The van der Waals surface area contributed by atoms with Crippen molar-refractivity contribution in [2.45, 2.75) is 27.0 Å². The van der Waals surface area contributed by atoms with Gasteiger partial charge in [0.2, 0.25) is 0 Å². The van der Waals surface area contributed by atoms with E-state index >= 15 is 0 Å². The van der Waals surface area contributed by atoms with Crippen LogP contribution in [0, 0.1) is 13.8 Å². The summed E-state index contributed by atoms with van der Waals surface area (Å²) in [6.07, 6.45) is 3.59. The van der Waals surface area contributed by atoms with Crippen molar-refractivity contribution in [3.05, 3.63) is 83.2 Å². The molecule has 5 nitrogen and oxygen atoms in total. The van der Waals surface area contributed by atoms with Crippen molar-refractivity contribution in [3.63, 3.8) is 0 Å². The first kappa shape index (κ1) is 17.2. The van der Waals surface area contributed by atoms with Crippen LogP contribution in [0.25, 0.3) is 16.8 Å². The molecule has 2 heterocycles. The van der Waals surface area contributed by atoms with Crippen LogP contribution in [0.3, 0.4) is 0 Å². The van der Waals surface area contributed by atoms with E-state index in [0.717, 1.165) is 28.2 Å². The van der Waals surface area contributed by atoms with Gasteiger partial charge >= 0.3 is 0 Å². The molecule has 4 aromatic rings. The number of aryl methyl sites for hydroxylation is 2. The first-order valence-electron chi connectivity index (χ1n) is 8.99. The number of fused-ring (bicyclic) bond motifs is 1. The average Bonchev–Trinajstić information content (AvgIpc) is 3.12. The minimum absolute atomic E-state index is 0.0157. The average molecular weight is 358 g/mol. The number of benzene rings is 2. The predicted molar refractivity (Wildman–Crippen MR) is 108 cm³/mol. The third-order valence-corrected chi connectivity index (χ3v) is 4.84. The van der Waals surface area contributed by atoms with Crippen LogP contribution in [-0.4, -0.2) is 19.7 Å². The Labute approximate surface area is 158 Å². The van der Waals surface area contributed by atoms with E-state index in [0.29, 0.717) is 6.54 Å².